The average Bonchev–Trinajstić information content (AvgIpc) is 2.71. The molecule has 0 aliphatic heterocycles. The van der Waals surface area contributed by atoms with Gasteiger partial charge in [-0.25, -0.2) is 0 Å². The molecule has 0 atom stereocenters. The van der Waals surface area contributed by atoms with E-state index in [0.29, 0.717) is 24.1 Å². The Hall–Kier alpha value is -3.35. The van der Waals surface area contributed by atoms with E-state index in [1.54, 1.807) is 50.3 Å². The number of nitrogens with zero attached hydrogens (tertiary/aromatic N) is 1. The van der Waals surface area contributed by atoms with Gasteiger partial charge in [0.15, 0.2) is 0 Å². The molecule has 0 spiro atoms. The Bertz CT molecular complexity index is 815. The quantitative estimate of drug-likeness (QED) is 0.652. The number of aryl methyl sites for hydroxylation is 1. The van der Waals surface area contributed by atoms with Gasteiger partial charge < -0.3 is 20.9 Å². The first-order chi connectivity index (χ1) is 13.4. The summed E-state index contributed by atoms with van der Waals surface area (Å²) in [6.07, 6.45) is 1.13. The predicted octanol–water partition coefficient (Wildman–Crippen LogP) is 2.12. The van der Waals surface area contributed by atoms with Crippen LogP contribution in [0.15, 0.2) is 48.5 Å². The fraction of sp³-hybridized carbons (Fsp3) is 0.286. The van der Waals surface area contributed by atoms with E-state index in [1.165, 1.54) is 0 Å². The molecule has 0 aromatic heterocycles. The Morgan fingerprint density at radius 2 is 1.50 bits per heavy atom. The summed E-state index contributed by atoms with van der Waals surface area (Å²) >= 11 is 0. The molecular weight excluding hydrogens is 356 g/mol. The summed E-state index contributed by atoms with van der Waals surface area (Å²) in [6.45, 7) is 0.110. The molecule has 3 N–H and O–H groups in total. The van der Waals surface area contributed by atoms with Crippen LogP contribution in [0.2, 0.25) is 0 Å². The van der Waals surface area contributed by atoms with Crippen molar-refractivity contribution < 1.29 is 14.4 Å². The fourth-order valence-electron chi connectivity index (χ4n) is 2.50. The molecule has 0 saturated carbocycles. The molecular formula is C21H26N4O3. The smallest absolute Gasteiger partial charge is 0.251 e. The van der Waals surface area contributed by atoms with Crippen LogP contribution in [0.3, 0.4) is 0 Å². The highest BCUT2D eigenvalue weighted by Gasteiger charge is 2.06. The lowest BCUT2D eigenvalue weighted by atomic mass is 10.1. The van der Waals surface area contributed by atoms with Gasteiger partial charge in [0, 0.05) is 44.5 Å². The SMILES string of the molecule is CNC(=O)c1ccc(NCC(=O)Nc2ccc(CCC(=O)N(C)C)cc2)cc1. The standard InChI is InChI=1S/C21H26N4O3/c1-22-21(28)16-7-11-17(12-8-16)23-14-19(26)24-18-9-4-15(5-10-18)6-13-20(27)25(2)3/h4-5,7-12,23H,6,13-14H2,1-3H3,(H,22,28)(H,24,26). The van der Waals surface area contributed by atoms with Crippen LogP contribution < -0.4 is 16.0 Å². The van der Waals surface area contributed by atoms with Crippen LogP contribution in [0.4, 0.5) is 11.4 Å². The summed E-state index contributed by atoms with van der Waals surface area (Å²) in [7, 11) is 5.06. The second-order valence-corrected chi connectivity index (χ2v) is 6.54. The molecule has 148 valence electrons. The zero-order valence-corrected chi connectivity index (χ0v) is 16.4. The van der Waals surface area contributed by atoms with E-state index in [2.05, 4.69) is 16.0 Å². The lowest BCUT2D eigenvalue weighted by Gasteiger charge is -2.11. The topological polar surface area (TPSA) is 90.5 Å². The Morgan fingerprint density at radius 3 is 2.07 bits per heavy atom. The molecule has 2 aromatic carbocycles. The van der Waals surface area contributed by atoms with Gasteiger partial charge in [-0.05, 0) is 48.4 Å². The lowest BCUT2D eigenvalue weighted by molar-refractivity contribution is -0.128. The minimum Gasteiger partial charge on any atom is -0.376 e. The number of anilines is 2. The van der Waals surface area contributed by atoms with Gasteiger partial charge in [-0.3, -0.25) is 14.4 Å². The minimum absolute atomic E-state index is 0.0896. The highest BCUT2D eigenvalue weighted by molar-refractivity contribution is 5.95. The highest BCUT2D eigenvalue weighted by Crippen LogP contribution is 2.12. The summed E-state index contributed by atoms with van der Waals surface area (Å²) in [5.74, 6) is -0.239. The second kappa shape index (κ2) is 10.1. The van der Waals surface area contributed by atoms with E-state index >= 15 is 0 Å². The van der Waals surface area contributed by atoms with Gasteiger partial charge >= 0.3 is 0 Å². The van der Waals surface area contributed by atoms with Crippen molar-refractivity contribution in [2.45, 2.75) is 12.8 Å². The van der Waals surface area contributed by atoms with E-state index in [-0.39, 0.29) is 24.3 Å². The van der Waals surface area contributed by atoms with Crippen molar-refractivity contribution in [2.24, 2.45) is 0 Å². The normalized spacial score (nSPS) is 10.1. The molecule has 2 aromatic rings. The minimum atomic E-state index is -0.175. The first kappa shape index (κ1) is 21.0. The van der Waals surface area contributed by atoms with Crippen molar-refractivity contribution in [2.75, 3.05) is 38.3 Å². The van der Waals surface area contributed by atoms with E-state index in [1.807, 2.05) is 24.3 Å². The zero-order valence-electron chi connectivity index (χ0n) is 16.4. The molecule has 3 amide bonds. The Kier molecular flexibility index (Phi) is 7.56. The molecule has 0 saturated heterocycles. The number of amides is 3. The molecule has 2 rings (SSSR count). The number of benzene rings is 2. The van der Waals surface area contributed by atoms with Crippen LogP contribution in [-0.2, 0) is 16.0 Å². The summed E-state index contributed by atoms with van der Waals surface area (Å²) in [6, 6.07) is 14.4. The number of nitrogens with one attached hydrogen (secondary N) is 3. The van der Waals surface area contributed by atoms with Crippen LogP contribution >= 0.6 is 0 Å². The number of hydrogen-bond acceptors (Lipinski definition) is 4. The molecule has 0 unspecified atom stereocenters. The lowest BCUT2D eigenvalue weighted by Crippen LogP contribution is -2.22. The Morgan fingerprint density at radius 1 is 0.893 bits per heavy atom. The van der Waals surface area contributed by atoms with Crippen molar-refractivity contribution in [3.63, 3.8) is 0 Å². The molecule has 0 aliphatic carbocycles. The van der Waals surface area contributed by atoms with Crippen molar-refractivity contribution in [1.82, 2.24) is 10.2 Å². The molecule has 7 heteroatoms. The molecule has 0 aliphatic rings. The van der Waals surface area contributed by atoms with E-state index in [9.17, 15) is 14.4 Å². The van der Waals surface area contributed by atoms with Crippen molar-refractivity contribution in [3.8, 4) is 0 Å². The van der Waals surface area contributed by atoms with Crippen LogP contribution in [0, 0.1) is 0 Å². The maximum Gasteiger partial charge on any atom is 0.251 e. The van der Waals surface area contributed by atoms with Gasteiger partial charge in [0.2, 0.25) is 11.8 Å². The van der Waals surface area contributed by atoms with E-state index < -0.39 is 0 Å². The molecule has 7 nitrogen and oxygen atoms in total. The van der Waals surface area contributed by atoms with Gasteiger partial charge in [-0.15, -0.1) is 0 Å². The maximum atomic E-state index is 12.1. The maximum absolute atomic E-state index is 12.1. The van der Waals surface area contributed by atoms with E-state index in [4.69, 9.17) is 0 Å². The number of hydrogen-bond donors (Lipinski definition) is 3. The number of carbonyl (C=O) groups is 3. The molecule has 0 radical (unpaired) electrons. The second-order valence-electron chi connectivity index (χ2n) is 6.54. The third-order valence-corrected chi connectivity index (χ3v) is 4.19. The van der Waals surface area contributed by atoms with Crippen LogP contribution in [0.25, 0.3) is 0 Å². The van der Waals surface area contributed by atoms with Gasteiger partial charge in [-0.2, -0.15) is 0 Å². The fourth-order valence-corrected chi connectivity index (χ4v) is 2.50. The van der Waals surface area contributed by atoms with Gasteiger partial charge in [0.1, 0.15) is 0 Å². The van der Waals surface area contributed by atoms with Crippen molar-refractivity contribution >= 4 is 29.1 Å². The summed E-state index contributed by atoms with van der Waals surface area (Å²) in [5.41, 5.74) is 3.06. The molecule has 0 bridgehead atoms. The van der Waals surface area contributed by atoms with Crippen molar-refractivity contribution in [1.29, 1.82) is 0 Å². The van der Waals surface area contributed by atoms with Gasteiger partial charge in [-0.1, -0.05) is 12.1 Å². The third kappa shape index (κ3) is 6.42. The molecule has 28 heavy (non-hydrogen) atoms. The summed E-state index contributed by atoms with van der Waals surface area (Å²) in [5, 5.41) is 8.40. The average molecular weight is 382 g/mol. The third-order valence-electron chi connectivity index (χ3n) is 4.19. The monoisotopic (exact) mass is 382 g/mol. The van der Waals surface area contributed by atoms with Gasteiger partial charge in [0.25, 0.3) is 5.91 Å². The predicted molar refractivity (Wildman–Crippen MR) is 110 cm³/mol. The molecule has 0 fully saturated rings. The Balaban J connectivity index is 1.79. The first-order valence-corrected chi connectivity index (χ1v) is 9.04. The Labute approximate surface area is 165 Å². The number of rotatable bonds is 8. The first-order valence-electron chi connectivity index (χ1n) is 9.04. The van der Waals surface area contributed by atoms with E-state index in [0.717, 1.165) is 11.3 Å². The number of carbonyl (C=O) groups excluding carboxylic acids is 3. The van der Waals surface area contributed by atoms with Crippen LogP contribution in [0.5, 0.6) is 0 Å². The highest BCUT2D eigenvalue weighted by atomic mass is 16.2. The van der Waals surface area contributed by atoms with Crippen LogP contribution in [-0.4, -0.2) is 50.3 Å². The summed E-state index contributed by atoms with van der Waals surface area (Å²) < 4.78 is 0. The van der Waals surface area contributed by atoms with Gasteiger partial charge in [0.05, 0.1) is 6.54 Å². The largest absolute Gasteiger partial charge is 0.376 e. The summed E-state index contributed by atoms with van der Waals surface area (Å²) in [4.78, 5) is 36.8. The van der Waals surface area contributed by atoms with Crippen molar-refractivity contribution in [3.05, 3.63) is 59.7 Å². The zero-order chi connectivity index (χ0) is 20.5. The van der Waals surface area contributed by atoms with Crippen LogP contribution in [0.1, 0.15) is 22.3 Å². The molecule has 0 heterocycles.